The lowest BCUT2D eigenvalue weighted by atomic mass is 9.93. The lowest BCUT2D eigenvalue weighted by molar-refractivity contribution is -0.146. The molecule has 2 N–H and O–H groups in total. The molecule has 0 radical (unpaired) electrons. The highest BCUT2D eigenvalue weighted by atomic mass is 32.1. The molecule has 2 atom stereocenters. The summed E-state index contributed by atoms with van der Waals surface area (Å²) in [6, 6.07) is 17.4. The fourth-order valence-corrected chi connectivity index (χ4v) is 4.73. The molecule has 3 aromatic carbocycles. The standard InChI is InChI=1S/C32H41N3O4S/c1-20-13-14-24(17-21(20)2)27(28(36)33-25-16-15-22-11-9-10-12-23(22)18-25)35(31(3,4)5)29(37)26(19-40)34-30(38)39-32(6,7)8/h9-18,26-27,40H,19H2,1-8H3,(H,33,36)(H,34,38). The largest absolute Gasteiger partial charge is 0.444 e. The van der Waals surface area contributed by atoms with Gasteiger partial charge in [0.25, 0.3) is 5.91 Å². The molecule has 7 nitrogen and oxygen atoms in total. The molecule has 3 rings (SSSR count). The number of alkyl carbamates (subject to hydrolysis) is 1. The maximum atomic E-state index is 14.1. The van der Waals surface area contributed by atoms with Crippen molar-refractivity contribution in [1.29, 1.82) is 0 Å². The zero-order chi connectivity index (χ0) is 29.8. The first-order valence-electron chi connectivity index (χ1n) is 13.4. The number of nitrogens with zero attached hydrogens (tertiary/aromatic N) is 1. The lowest BCUT2D eigenvalue weighted by Gasteiger charge is -2.43. The second-order valence-electron chi connectivity index (χ2n) is 12.1. The predicted molar refractivity (Wildman–Crippen MR) is 165 cm³/mol. The molecular formula is C32H41N3O4S. The summed E-state index contributed by atoms with van der Waals surface area (Å²) in [6.45, 7) is 14.8. The maximum Gasteiger partial charge on any atom is 0.408 e. The van der Waals surface area contributed by atoms with Crippen molar-refractivity contribution < 1.29 is 19.1 Å². The average molecular weight is 564 g/mol. The van der Waals surface area contributed by atoms with E-state index in [1.54, 1.807) is 20.8 Å². The zero-order valence-electron chi connectivity index (χ0n) is 24.7. The first-order chi connectivity index (χ1) is 18.6. The van der Waals surface area contributed by atoms with E-state index in [-0.39, 0.29) is 11.7 Å². The van der Waals surface area contributed by atoms with Crippen molar-refractivity contribution in [2.45, 2.75) is 78.6 Å². The Kier molecular flexibility index (Phi) is 9.56. The Bertz CT molecular complexity index is 1390. The van der Waals surface area contributed by atoms with E-state index < -0.39 is 35.2 Å². The third kappa shape index (κ3) is 7.78. The summed E-state index contributed by atoms with van der Waals surface area (Å²) in [5.41, 5.74) is 1.83. The summed E-state index contributed by atoms with van der Waals surface area (Å²) in [7, 11) is 0. The Morgan fingerprint density at radius 3 is 2.10 bits per heavy atom. The molecule has 0 saturated heterocycles. The molecule has 0 aliphatic heterocycles. The van der Waals surface area contributed by atoms with Gasteiger partial charge in [0.2, 0.25) is 5.91 Å². The molecule has 0 spiro atoms. The molecule has 0 aromatic heterocycles. The molecule has 3 aromatic rings. The van der Waals surface area contributed by atoms with Gasteiger partial charge in [-0.1, -0.05) is 48.5 Å². The van der Waals surface area contributed by atoms with Crippen molar-refractivity contribution in [3.8, 4) is 0 Å². The molecule has 0 bridgehead atoms. The third-order valence-electron chi connectivity index (χ3n) is 6.50. The Balaban J connectivity index is 2.06. The number of aryl methyl sites for hydroxylation is 2. The summed E-state index contributed by atoms with van der Waals surface area (Å²) in [6.07, 6.45) is -0.725. The zero-order valence-corrected chi connectivity index (χ0v) is 25.6. The van der Waals surface area contributed by atoms with Crippen LogP contribution < -0.4 is 10.6 Å². The minimum Gasteiger partial charge on any atom is -0.444 e. The van der Waals surface area contributed by atoms with Crippen LogP contribution in [0, 0.1) is 13.8 Å². The van der Waals surface area contributed by atoms with Gasteiger partial charge in [-0.25, -0.2) is 4.79 Å². The predicted octanol–water partition coefficient (Wildman–Crippen LogP) is 6.59. The van der Waals surface area contributed by atoms with E-state index in [1.807, 2.05) is 95.3 Å². The monoisotopic (exact) mass is 563 g/mol. The number of rotatable bonds is 7. The minimum atomic E-state index is -1.01. The Hall–Kier alpha value is -3.52. The molecule has 40 heavy (non-hydrogen) atoms. The van der Waals surface area contributed by atoms with Gasteiger partial charge < -0.3 is 20.3 Å². The van der Waals surface area contributed by atoms with E-state index in [0.717, 1.165) is 21.9 Å². The number of carbonyl (C=O) groups is 3. The molecule has 3 amide bonds. The van der Waals surface area contributed by atoms with Crippen molar-refractivity contribution in [3.05, 3.63) is 77.4 Å². The second kappa shape index (κ2) is 12.3. The Labute approximate surface area is 243 Å². The third-order valence-corrected chi connectivity index (χ3v) is 6.87. The van der Waals surface area contributed by atoms with Gasteiger partial charge in [0, 0.05) is 17.0 Å². The number of hydrogen-bond acceptors (Lipinski definition) is 5. The first kappa shape index (κ1) is 31.0. The van der Waals surface area contributed by atoms with Gasteiger partial charge in [-0.3, -0.25) is 9.59 Å². The highest BCUT2D eigenvalue weighted by molar-refractivity contribution is 7.80. The summed E-state index contributed by atoms with van der Waals surface area (Å²) in [4.78, 5) is 42.4. The number of hydrogen-bond donors (Lipinski definition) is 3. The van der Waals surface area contributed by atoms with Crippen LogP contribution >= 0.6 is 12.6 Å². The smallest absolute Gasteiger partial charge is 0.408 e. The van der Waals surface area contributed by atoms with Gasteiger partial charge in [-0.15, -0.1) is 0 Å². The summed E-state index contributed by atoms with van der Waals surface area (Å²) >= 11 is 4.36. The van der Waals surface area contributed by atoms with Crippen LogP contribution in [0.25, 0.3) is 10.8 Å². The van der Waals surface area contributed by atoms with Crippen LogP contribution in [0.5, 0.6) is 0 Å². The summed E-state index contributed by atoms with van der Waals surface area (Å²) in [5, 5.41) is 7.74. The van der Waals surface area contributed by atoms with Gasteiger partial charge in [0.1, 0.15) is 17.7 Å². The topological polar surface area (TPSA) is 87.7 Å². The molecule has 2 unspecified atom stereocenters. The maximum absolute atomic E-state index is 14.1. The highest BCUT2D eigenvalue weighted by Crippen LogP contribution is 2.32. The van der Waals surface area contributed by atoms with Crippen LogP contribution in [0.3, 0.4) is 0 Å². The lowest BCUT2D eigenvalue weighted by Crippen LogP contribution is -2.58. The van der Waals surface area contributed by atoms with E-state index in [0.29, 0.717) is 11.3 Å². The van der Waals surface area contributed by atoms with E-state index in [9.17, 15) is 14.4 Å². The minimum absolute atomic E-state index is 0.0244. The van der Waals surface area contributed by atoms with Gasteiger partial charge in [0.15, 0.2) is 0 Å². The average Bonchev–Trinajstić information content (AvgIpc) is 2.85. The molecule has 0 fully saturated rings. The number of carbonyl (C=O) groups excluding carboxylic acids is 3. The van der Waals surface area contributed by atoms with Crippen molar-refractivity contribution in [1.82, 2.24) is 10.2 Å². The van der Waals surface area contributed by atoms with Gasteiger partial charge in [0.05, 0.1) is 0 Å². The SMILES string of the molecule is Cc1ccc(C(C(=O)Nc2ccc3ccccc3c2)N(C(=O)C(CS)NC(=O)OC(C)(C)C)C(C)(C)C)cc1C. The summed E-state index contributed by atoms with van der Waals surface area (Å²) < 4.78 is 5.39. The molecule has 0 aliphatic carbocycles. The van der Waals surface area contributed by atoms with E-state index in [4.69, 9.17) is 4.74 Å². The second-order valence-corrected chi connectivity index (χ2v) is 12.4. The van der Waals surface area contributed by atoms with Crippen LogP contribution in [-0.2, 0) is 14.3 Å². The van der Waals surface area contributed by atoms with Crippen LogP contribution in [0.4, 0.5) is 10.5 Å². The van der Waals surface area contributed by atoms with E-state index in [2.05, 4.69) is 23.3 Å². The van der Waals surface area contributed by atoms with E-state index in [1.165, 1.54) is 4.90 Å². The number of fused-ring (bicyclic) bond motifs is 1. The van der Waals surface area contributed by atoms with Gasteiger partial charge in [-0.05, 0) is 95.0 Å². The number of anilines is 1. The fraction of sp³-hybridized carbons (Fsp3) is 0.406. The molecule has 0 saturated carbocycles. The molecule has 214 valence electrons. The summed E-state index contributed by atoms with van der Waals surface area (Å²) in [5.74, 6) is -0.779. The highest BCUT2D eigenvalue weighted by Gasteiger charge is 2.41. The van der Waals surface area contributed by atoms with Crippen LogP contribution in [0.15, 0.2) is 60.7 Å². The normalized spacial score (nSPS) is 13.3. The Morgan fingerprint density at radius 1 is 0.875 bits per heavy atom. The molecular weight excluding hydrogens is 522 g/mol. The van der Waals surface area contributed by atoms with Crippen molar-refractivity contribution in [2.24, 2.45) is 0 Å². The van der Waals surface area contributed by atoms with Crippen LogP contribution in [-0.4, -0.2) is 45.7 Å². The van der Waals surface area contributed by atoms with Crippen LogP contribution in [0.1, 0.15) is 64.3 Å². The van der Waals surface area contributed by atoms with Gasteiger partial charge >= 0.3 is 6.09 Å². The number of thiol groups is 1. The van der Waals surface area contributed by atoms with Crippen molar-refractivity contribution in [3.63, 3.8) is 0 Å². The number of nitrogens with one attached hydrogen (secondary N) is 2. The number of ether oxygens (including phenoxy) is 1. The van der Waals surface area contributed by atoms with Gasteiger partial charge in [-0.2, -0.15) is 12.6 Å². The van der Waals surface area contributed by atoms with Crippen molar-refractivity contribution in [2.75, 3.05) is 11.1 Å². The molecule has 0 aliphatic rings. The van der Waals surface area contributed by atoms with E-state index >= 15 is 0 Å². The fourth-order valence-electron chi connectivity index (χ4n) is 4.48. The number of amides is 3. The molecule has 8 heteroatoms. The first-order valence-corrected chi connectivity index (χ1v) is 14.0. The quantitative estimate of drug-likeness (QED) is 0.283. The van der Waals surface area contributed by atoms with Crippen LogP contribution in [0.2, 0.25) is 0 Å². The van der Waals surface area contributed by atoms with Crippen molar-refractivity contribution >= 4 is 47.0 Å². The molecule has 0 heterocycles. The number of benzene rings is 3. The Morgan fingerprint density at radius 2 is 1.52 bits per heavy atom.